The van der Waals surface area contributed by atoms with Crippen LogP contribution in [0.5, 0.6) is 0 Å². The van der Waals surface area contributed by atoms with Gasteiger partial charge in [-0.1, -0.05) is 0 Å². The summed E-state index contributed by atoms with van der Waals surface area (Å²) in [6.45, 7) is 2.29. The highest BCUT2D eigenvalue weighted by molar-refractivity contribution is 7.97. The lowest BCUT2D eigenvalue weighted by atomic mass is 10.0. The van der Waals surface area contributed by atoms with Gasteiger partial charge in [0.15, 0.2) is 0 Å². The zero-order chi connectivity index (χ0) is 17.2. The van der Waals surface area contributed by atoms with E-state index in [1.807, 2.05) is 6.92 Å². The van der Waals surface area contributed by atoms with Crippen molar-refractivity contribution in [2.75, 3.05) is 12.3 Å². The van der Waals surface area contributed by atoms with Crippen LogP contribution in [0.25, 0.3) is 0 Å². The SMILES string of the molecule is C[C@H](Cc1cn(C(=O)O)cn1)NC(=O)[C@H](CCCN)CSN=O. The first-order valence-electron chi connectivity index (χ1n) is 7.19. The molecule has 0 saturated heterocycles. The summed E-state index contributed by atoms with van der Waals surface area (Å²) in [5.41, 5.74) is 6.03. The number of nitrogens with one attached hydrogen (secondary N) is 1. The van der Waals surface area contributed by atoms with Crippen LogP contribution in [0.4, 0.5) is 4.79 Å². The van der Waals surface area contributed by atoms with Gasteiger partial charge in [0.05, 0.1) is 5.69 Å². The molecule has 128 valence electrons. The summed E-state index contributed by atoms with van der Waals surface area (Å²) in [5, 5.41) is 11.7. The van der Waals surface area contributed by atoms with Crippen LogP contribution in [0.3, 0.4) is 0 Å². The molecule has 1 amide bonds. The monoisotopic (exact) mass is 343 g/mol. The van der Waals surface area contributed by atoms with Gasteiger partial charge in [0, 0.05) is 46.9 Å². The van der Waals surface area contributed by atoms with Crippen LogP contribution in [0.1, 0.15) is 25.5 Å². The third kappa shape index (κ3) is 6.78. The maximum absolute atomic E-state index is 12.2. The lowest BCUT2D eigenvalue weighted by Crippen LogP contribution is -2.39. The second kappa shape index (κ2) is 9.95. The van der Waals surface area contributed by atoms with Gasteiger partial charge in [0.1, 0.15) is 6.33 Å². The van der Waals surface area contributed by atoms with Gasteiger partial charge in [-0.2, -0.15) is 0 Å². The van der Waals surface area contributed by atoms with Crippen molar-refractivity contribution in [3.8, 4) is 0 Å². The van der Waals surface area contributed by atoms with Crippen LogP contribution in [-0.4, -0.2) is 45.0 Å². The fraction of sp³-hybridized carbons (Fsp3) is 0.615. The predicted molar refractivity (Wildman–Crippen MR) is 87.0 cm³/mol. The molecule has 0 bridgehead atoms. The number of carbonyl (C=O) groups is 2. The van der Waals surface area contributed by atoms with Crippen LogP contribution in [0.2, 0.25) is 0 Å². The van der Waals surface area contributed by atoms with Gasteiger partial charge in [0.2, 0.25) is 5.91 Å². The molecule has 10 heteroatoms. The number of nitroso groups, excluding NO2 is 1. The third-order valence-corrected chi connectivity index (χ3v) is 3.87. The van der Waals surface area contributed by atoms with Crippen molar-refractivity contribution in [2.45, 2.75) is 32.2 Å². The van der Waals surface area contributed by atoms with E-state index < -0.39 is 6.09 Å². The van der Waals surface area contributed by atoms with Crippen molar-refractivity contribution in [2.24, 2.45) is 16.2 Å². The molecule has 0 aromatic carbocycles. The number of rotatable bonds is 10. The molecule has 4 N–H and O–H groups in total. The first-order valence-corrected chi connectivity index (χ1v) is 8.13. The zero-order valence-electron chi connectivity index (χ0n) is 12.8. The van der Waals surface area contributed by atoms with Crippen molar-refractivity contribution < 1.29 is 14.7 Å². The Balaban J connectivity index is 2.54. The Labute approximate surface area is 138 Å². The molecular formula is C13H21N5O4S. The molecule has 0 aliphatic heterocycles. The fourth-order valence-electron chi connectivity index (χ4n) is 2.07. The second-order valence-corrected chi connectivity index (χ2v) is 5.91. The number of nitrogens with two attached hydrogens (primary N) is 1. The van der Waals surface area contributed by atoms with Gasteiger partial charge in [-0.25, -0.2) is 14.3 Å². The molecule has 0 fully saturated rings. The molecule has 0 spiro atoms. The van der Waals surface area contributed by atoms with E-state index in [1.54, 1.807) is 0 Å². The zero-order valence-corrected chi connectivity index (χ0v) is 13.7. The van der Waals surface area contributed by atoms with E-state index in [4.69, 9.17) is 10.8 Å². The molecule has 1 aromatic heterocycles. The summed E-state index contributed by atoms with van der Waals surface area (Å²) >= 11 is 0.819. The highest BCUT2D eigenvalue weighted by Gasteiger charge is 2.20. The van der Waals surface area contributed by atoms with Crippen molar-refractivity contribution in [3.05, 3.63) is 23.1 Å². The number of hydrogen-bond donors (Lipinski definition) is 3. The summed E-state index contributed by atoms with van der Waals surface area (Å²) in [5.74, 6) is -0.185. The number of amides is 1. The molecule has 0 saturated carbocycles. The predicted octanol–water partition coefficient (Wildman–Crippen LogP) is 1.23. The van der Waals surface area contributed by atoms with Gasteiger partial charge in [-0.05, 0) is 26.3 Å². The second-order valence-electron chi connectivity index (χ2n) is 5.17. The standard InChI is InChI=1S/C13H21N5O4S/c1-9(5-11-6-18(8-15-11)13(20)21)16-12(19)10(3-2-4-14)7-23-17-22/h6,8-10H,2-5,7,14H2,1H3,(H,16,19)(H,20,21)/t9-,10-/m1/s1. The van der Waals surface area contributed by atoms with E-state index in [2.05, 4.69) is 14.9 Å². The summed E-state index contributed by atoms with van der Waals surface area (Å²) in [6, 6.07) is -0.214. The van der Waals surface area contributed by atoms with Crippen molar-refractivity contribution in [1.29, 1.82) is 0 Å². The number of aromatic nitrogens is 2. The minimum atomic E-state index is -1.11. The van der Waals surface area contributed by atoms with E-state index in [1.165, 1.54) is 12.5 Å². The summed E-state index contributed by atoms with van der Waals surface area (Å²) in [4.78, 5) is 37.2. The van der Waals surface area contributed by atoms with Gasteiger partial charge >= 0.3 is 6.09 Å². The molecule has 9 nitrogen and oxygen atoms in total. The molecular weight excluding hydrogens is 322 g/mol. The normalized spacial score (nSPS) is 13.3. The van der Waals surface area contributed by atoms with Gasteiger partial charge in [0.25, 0.3) is 0 Å². The molecule has 0 radical (unpaired) electrons. The Hall–Kier alpha value is -1.94. The van der Waals surface area contributed by atoms with Gasteiger partial charge in [-0.3, -0.25) is 4.79 Å². The quantitative estimate of drug-likeness (QED) is 0.428. The lowest BCUT2D eigenvalue weighted by Gasteiger charge is -2.18. The minimum absolute atomic E-state index is 0.167. The molecule has 1 rings (SSSR count). The van der Waals surface area contributed by atoms with E-state index in [0.717, 1.165) is 16.5 Å². The maximum atomic E-state index is 12.2. The number of hydrogen-bond acceptors (Lipinski definition) is 7. The highest BCUT2D eigenvalue weighted by Crippen LogP contribution is 2.15. The smallest absolute Gasteiger partial charge is 0.416 e. The van der Waals surface area contributed by atoms with Crippen LogP contribution in [0.15, 0.2) is 17.1 Å². The molecule has 0 aliphatic rings. The summed E-state index contributed by atoms with van der Waals surface area (Å²) in [7, 11) is 0. The van der Waals surface area contributed by atoms with E-state index in [-0.39, 0.29) is 17.9 Å². The largest absolute Gasteiger partial charge is 0.464 e. The van der Waals surface area contributed by atoms with Crippen LogP contribution < -0.4 is 11.1 Å². The Bertz CT molecular complexity index is 536. The number of carbonyl (C=O) groups excluding carboxylic acids is 1. The Morgan fingerprint density at radius 1 is 1.57 bits per heavy atom. The van der Waals surface area contributed by atoms with Crippen molar-refractivity contribution >= 4 is 23.9 Å². The molecule has 0 aliphatic carbocycles. The number of imidazole rings is 1. The lowest BCUT2D eigenvalue weighted by molar-refractivity contribution is -0.125. The Morgan fingerprint density at radius 2 is 2.30 bits per heavy atom. The van der Waals surface area contributed by atoms with Crippen LogP contribution in [-0.2, 0) is 11.2 Å². The van der Waals surface area contributed by atoms with E-state index in [9.17, 15) is 14.5 Å². The summed E-state index contributed by atoms with van der Waals surface area (Å²) < 4.78 is 3.68. The molecule has 2 atom stereocenters. The third-order valence-electron chi connectivity index (χ3n) is 3.22. The highest BCUT2D eigenvalue weighted by atomic mass is 32.2. The topological polar surface area (TPSA) is 140 Å². The first-order chi connectivity index (χ1) is 11.0. The summed E-state index contributed by atoms with van der Waals surface area (Å²) in [6.07, 6.45) is 3.20. The van der Waals surface area contributed by atoms with Gasteiger partial charge < -0.3 is 16.2 Å². The van der Waals surface area contributed by atoms with Crippen molar-refractivity contribution in [3.63, 3.8) is 0 Å². The van der Waals surface area contributed by atoms with Crippen LogP contribution >= 0.6 is 11.9 Å². The van der Waals surface area contributed by atoms with E-state index in [0.29, 0.717) is 37.3 Å². The maximum Gasteiger partial charge on any atom is 0.416 e. The fourth-order valence-corrected chi connectivity index (χ4v) is 2.63. The Kier molecular flexibility index (Phi) is 8.27. The molecule has 0 unspecified atom stereocenters. The van der Waals surface area contributed by atoms with Crippen molar-refractivity contribution in [1.82, 2.24) is 14.9 Å². The number of carboxylic acid groups (broad SMARTS) is 1. The molecule has 1 aromatic rings. The first kappa shape index (κ1) is 19.1. The Morgan fingerprint density at radius 3 is 2.87 bits per heavy atom. The molecule has 1 heterocycles. The average molecular weight is 343 g/mol. The minimum Gasteiger partial charge on any atom is -0.464 e. The average Bonchev–Trinajstić information content (AvgIpc) is 2.95. The van der Waals surface area contributed by atoms with Crippen LogP contribution in [0, 0.1) is 10.8 Å². The molecule has 23 heavy (non-hydrogen) atoms. The number of nitrogens with zero attached hydrogens (tertiary/aromatic N) is 3. The van der Waals surface area contributed by atoms with Gasteiger partial charge in [-0.15, -0.1) is 4.91 Å². The van der Waals surface area contributed by atoms with E-state index >= 15 is 0 Å².